The number of nitrogens with one attached hydrogen (secondary N) is 1. The van der Waals surface area contributed by atoms with Crippen molar-refractivity contribution in [2.24, 2.45) is 0 Å². The lowest BCUT2D eigenvalue weighted by atomic mass is 10.2. The highest BCUT2D eigenvalue weighted by Crippen LogP contribution is 2.28. The summed E-state index contributed by atoms with van der Waals surface area (Å²) in [5.74, 6) is 0. The predicted octanol–water partition coefficient (Wildman–Crippen LogP) is 2.88. The third-order valence-electron chi connectivity index (χ3n) is 3.21. The van der Waals surface area contributed by atoms with Crippen LogP contribution in [0.3, 0.4) is 0 Å². The Bertz CT molecular complexity index is 366. The Labute approximate surface area is 122 Å². The fourth-order valence-corrected chi connectivity index (χ4v) is 4.07. The average Bonchev–Trinajstić information content (AvgIpc) is 2.76. The topological polar surface area (TPSA) is 24.5 Å². The summed E-state index contributed by atoms with van der Waals surface area (Å²) in [5, 5.41) is 5.80. The van der Waals surface area contributed by atoms with Crippen LogP contribution in [0.1, 0.15) is 24.8 Å². The summed E-state index contributed by atoms with van der Waals surface area (Å²) in [6.07, 6.45) is 0. The fraction of sp³-hybridized carbons (Fsp3) is 0.692. The molecule has 102 valence electrons. The fourth-order valence-electron chi connectivity index (χ4n) is 2.34. The number of ether oxygens (including phenoxy) is 1. The Morgan fingerprint density at radius 2 is 2.17 bits per heavy atom. The molecule has 0 aromatic carbocycles. The van der Waals surface area contributed by atoms with Gasteiger partial charge < -0.3 is 10.1 Å². The van der Waals surface area contributed by atoms with E-state index in [-0.39, 0.29) is 0 Å². The minimum absolute atomic E-state index is 0.399. The van der Waals surface area contributed by atoms with Crippen molar-refractivity contribution in [3.63, 3.8) is 0 Å². The molecule has 18 heavy (non-hydrogen) atoms. The van der Waals surface area contributed by atoms with E-state index >= 15 is 0 Å². The van der Waals surface area contributed by atoms with Gasteiger partial charge in [0, 0.05) is 41.1 Å². The van der Waals surface area contributed by atoms with Crippen LogP contribution >= 0.6 is 27.3 Å². The normalized spacial score (nSPS) is 20.8. The van der Waals surface area contributed by atoms with Crippen LogP contribution in [0.25, 0.3) is 0 Å². The number of halogens is 1. The summed E-state index contributed by atoms with van der Waals surface area (Å²) in [5.41, 5.74) is 0. The third-order valence-corrected chi connectivity index (χ3v) is 5.26. The summed E-state index contributed by atoms with van der Waals surface area (Å²) in [6.45, 7) is 9.44. The largest absolute Gasteiger partial charge is 0.379 e. The molecule has 1 aromatic heterocycles. The Morgan fingerprint density at radius 3 is 2.78 bits per heavy atom. The van der Waals surface area contributed by atoms with Crippen LogP contribution in [0, 0.1) is 0 Å². The second kappa shape index (κ2) is 7.01. The quantitative estimate of drug-likeness (QED) is 0.897. The summed E-state index contributed by atoms with van der Waals surface area (Å²) in [6, 6.07) is 3.01. The van der Waals surface area contributed by atoms with Crippen LogP contribution in [0.5, 0.6) is 0 Å². The molecule has 0 bridgehead atoms. The molecule has 2 rings (SSSR count). The van der Waals surface area contributed by atoms with Gasteiger partial charge in [0.25, 0.3) is 0 Å². The van der Waals surface area contributed by atoms with Gasteiger partial charge in [-0.3, -0.25) is 4.90 Å². The van der Waals surface area contributed by atoms with Gasteiger partial charge in [0.2, 0.25) is 0 Å². The highest BCUT2D eigenvalue weighted by molar-refractivity contribution is 9.10. The highest BCUT2D eigenvalue weighted by atomic mass is 79.9. The first-order valence-corrected chi connectivity index (χ1v) is 8.13. The van der Waals surface area contributed by atoms with Crippen molar-refractivity contribution in [2.75, 3.05) is 32.8 Å². The van der Waals surface area contributed by atoms with Gasteiger partial charge in [-0.1, -0.05) is 0 Å². The second-order valence-electron chi connectivity index (χ2n) is 4.84. The zero-order valence-corrected chi connectivity index (χ0v) is 13.4. The molecule has 5 heteroatoms. The maximum absolute atomic E-state index is 5.37. The van der Waals surface area contributed by atoms with Gasteiger partial charge in [-0.25, -0.2) is 0 Å². The molecular formula is C13H21BrN2OS. The maximum Gasteiger partial charge on any atom is 0.0594 e. The molecule has 1 aliphatic heterocycles. The standard InChI is InChI=1S/C13H21BrN2OS/c1-10(9-16-4-6-17-7-5-16)15-11(2)13-12(14)3-8-18-13/h3,8,10-11,15H,4-7,9H2,1-2H3. The van der Waals surface area contributed by atoms with Crippen molar-refractivity contribution in [2.45, 2.75) is 25.9 Å². The van der Waals surface area contributed by atoms with Gasteiger partial charge >= 0.3 is 0 Å². The molecule has 0 spiro atoms. The molecule has 1 fully saturated rings. The van der Waals surface area contributed by atoms with Crippen molar-refractivity contribution in [1.82, 2.24) is 10.2 Å². The van der Waals surface area contributed by atoms with Crippen molar-refractivity contribution in [3.8, 4) is 0 Å². The number of thiophene rings is 1. The van der Waals surface area contributed by atoms with E-state index in [9.17, 15) is 0 Å². The molecule has 0 saturated carbocycles. The number of hydrogen-bond donors (Lipinski definition) is 1. The number of rotatable bonds is 5. The van der Waals surface area contributed by atoms with E-state index in [1.807, 2.05) is 0 Å². The van der Waals surface area contributed by atoms with Crippen molar-refractivity contribution in [3.05, 3.63) is 20.8 Å². The molecular weight excluding hydrogens is 312 g/mol. The smallest absolute Gasteiger partial charge is 0.0594 e. The first-order valence-electron chi connectivity index (χ1n) is 6.46. The minimum atomic E-state index is 0.399. The molecule has 2 heterocycles. The lowest BCUT2D eigenvalue weighted by Gasteiger charge is -2.30. The van der Waals surface area contributed by atoms with Crippen molar-refractivity contribution >= 4 is 27.3 Å². The van der Waals surface area contributed by atoms with Gasteiger partial charge in [0.05, 0.1) is 13.2 Å². The zero-order chi connectivity index (χ0) is 13.0. The highest BCUT2D eigenvalue weighted by Gasteiger charge is 2.17. The molecule has 1 N–H and O–H groups in total. The summed E-state index contributed by atoms with van der Waals surface area (Å²) in [4.78, 5) is 3.85. The Hall–Kier alpha value is 0.0600. The number of morpholine rings is 1. The third kappa shape index (κ3) is 4.03. The van der Waals surface area contributed by atoms with Gasteiger partial charge in [-0.15, -0.1) is 11.3 Å². The molecule has 2 unspecified atom stereocenters. The van der Waals surface area contributed by atoms with E-state index in [0.29, 0.717) is 12.1 Å². The SMILES string of the molecule is CC(CN1CCOCC1)NC(C)c1sccc1Br. The molecule has 0 radical (unpaired) electrons. The van der Waals surface area contributed by atoms with Gasteiger partial charge in [-0.2, -0.15) is 0 Å². The number of hydrogen-bond acceptors (Lipinski definition) is 4. The molecule has 0 amide bonds. The molecule has 3 nitrogen and oxygen atoms in total. The molecule has 2 atom stereocenters. The van der Waals surface area contributed by atoms with Gasteiger partial charge in [0.15, 0.2) is 0 Å². The van der Waals surface area contributed by atoms with Crippen molar-refractivity contribution in [1.29, 1.82) is 0 Å². The van der Waals surface area contributed by atoms with E-state index in [1.54, 1.807) is 11.3 Å². The van der Waals surface area contributed by atoms with E-state index in [4.69, 9.17) is 4.74 Å². The minimum Gasteiger partial charge on any atom is -0.379 e. The molecule has 1 saturated heterocycles. The maximum atomic E-state index is 5.37. The van der Waals surface area contributed by atoms with Crippen LogP contribution in [0.15, 0.2) is 15.9 Å². The van der Waals surface area contributed by atoms with Crippen LogP contribution in [-0.2, 0) is 4.74 Å². The Morgan fingerprint density at radius 1 is 1.44 bits per heavy atom. The van der Waals surface area contributed by atoms with E-state index in [1.165, 1.54) is 9.35 Å². The summed E-state index contributed by atoms with van der Waals surface area (Å²) < 4.78 is 6.58. The van der Waals surface area contributed by atoms with Crippen LogP contribution < -0.4 is 5.32 Å². The Kier molecular flexibility index (Phi) is 5.63. The first-order chi connectivity index (χ1) is 8.66. The van der Waals surface area contributed by atoms with Crippen LogP contribution in [0.4, 0.5) is 0 Å². The molecule has 0 aliphatic carbocycles. The first kappa shape index (κ1) is 14.5. The van der Waals surface area contributed by atoms with Crippen LogP contribution in [0.2, 0.25) is 0 Å². The predicted molar refractivity (Wildman–Crippen MR) is 80.3 cm³/mol. The van der Waals surface area contributed by atoms with E-state index in [2.05, 4.69) is 51.4 Å². The van der Waals surface area contributed by atoms with Crippen molar-refractivity contribution < 1.29 is 4.74 Å². The van der Waals surface area contributed by atoms with Gasteiger partial charge in [-0.05, 0) is 41.2 Å². The Balaban J connectivity index is 1.79. The lowest BCUT2D eigenvalue weighted by molar-refractivity contribution is 0.0339. The average molecular weight is 333 g/mol. The van der Waals surface area contributed by atoms with Crippen LogP contribution in [-0.4, -0.2) is 43.8 Å². The summed E-state index contributed by atoms with van der Waals surface area (Å²) >= 11 is 5.40. The summed E-state index contributed by atoms with van der Waals surface area (Å²) in [7, 11) is 0. The van der Waals surface area contributed by atoms with E-state index in [0.717, 1.165) is 32.8 Å². The zero-order valence-electron chi connectivity index (χ0n) is 11.0. The van der Waals surface area contributed by atoms with Gasteiger partial charge in [0.1, 0.15) is 0 Å². The molecule has 1 aromatic rings. The second-order valence-corrected chi connectivity index (χ2v) is 6.64. The number of nitrogens with zero attached hydrogens (tertiary/aromatic N) is 1. The monoisotopic (exact) mass is 332 g/mol. The lowest BCUT2D eigenvalue weighted by Crippen LogP contribution is -2.44. The van der Waals surface area contributed by atoms with E-state index < -0.39 is 0 Å². The molecule has 1 aliphatic rings.